The average Bonchev–Trinajstić information content (AvgIpc) is 3.28. The molecule has 2 amide bonds. The summed E-state index contributed by atoms with van der Waals surface area (Å²) in [6.45, 7) is 0.537. The summed E-state index contributed by atoms with van der Waals surface area (Å²) in [6, 6.07) is 10.4. The van der Waals surface area contributed by atoms with Crippen LogP contribution in [0.25, 0.3) is 0 Å². The summed E-state index contributed by atoms with van der Waals surface area (Å²) in [6.07, 6.45) is 4.24. The Kier molecular flexibility index (Phi) is 5.25. The average molecular weight is 354 g/mol. The van der Waals surface area contributed by atoms with Gasteiger partial charge in [-0.05, 0) is 35.7 Å². The summed E-state index contributed by atoms with van der Waals surface area (Å²) in [5.74, 6) is -0.290. The Hall–Kier alpha value is -2.93. The summed E-state index contributed by atoms with van der Waals surface area (Å²) < 4.78 is 1.93. The molecule has 2 N–H and O–H groups in total. The second-order valence-corrected chi connectivity index (χ2v) is 6.46. The van der Waals surface area contributed by atoms with E-state index in [4.69, 9.17) is 0 Å². The SMILES string of the molecule is Cn1cncc1CCNC(=O)c1ccc(NC(=O)c2cccs2)cc1. The van der Waals surface area contributed by atoms with E-state index in [2.05, 4.69) is 15.6 Å². The van der Waals surface area contributed by atoms with Crippen molar-refractivity contribution in [3.63, 3.8) is 0 Å². The van der Waals surface area contributed by atoms with Gasteiger partial charge in [-0.1, -0.05) is 6.07 Å². The highest BCUT2D eigenvalue weighted by atomic mass is 32.1. The zero-order chi connectivity index (χ0) is 17.6. The maximum absolute atomic E-state index is 12.2. The van der Waals surface area contributed by atoms with Crippen molar-refractivity contribution >= 4 is 28.8 Å². The second-order valence-electron chi connectivity index (χ2n) is 5.51. The van der Waals surface area contributed by atoms with Gasteiger partial charge in [0.05, 0.1) is 11.2 Å². The molecule has 0 aliphatic heterocycles. The summed E-state index contributed by atoms with van der Waals surface area (Å²) in [7, 11) is 1.92. The monoisotopic (exact) mass is 354 g/mol. The van der Waals surface area contributed by atoms with Crippen LogP contribution in [0.5, 0.6) is 0 Å². The molecule has 6 nitrogen and oxygen atoms in total. The van der Waals surface area contributed by atoms with Crippen LogP contribution in [0.4, 0.5) is 5.69 Å². The summed E-state index contributed by atoms with van der Waals surface area (Å²) in [5.41, 5.74) is 2.27. The third-order valence-corrected chi connectivity index (χ3v) is 4.60. The number of anilines is 1. The van der Waals surface area contributed by atoms with E-state index in [1.54, 1.807) is 42.9 Å². The molecule has 2 heterocycles. The van der Waals surface area contributed by atoms with E-state index < -0.39 is 0 Å². The van der Waals surface area contributed by atoms with Crippen LogP contribution in [0.15, 0.2) is 54.3 Å². The minimum absolute atomic E-state index is 0.140. The van der Waals surface area contributed by atoms with Gasteiger partial charge in [-0.15, -0.1) is 11.3 Å². The number of carbonyl (C=O) groups is 2. The number of imidazole rings is 1. The first-order valence-electron chi connectivity index (χ1n) is 7.82. The standard InChI is InChI=1S/C18H18N4O2S/c1-22-12-19-11-15(22)8-9-20-17(23)13-4-6-14(7-5-13)21-18(24)16-3-2-10-25-16/h2-7,10-12H,8-9H2,1H3,(H,20,23)(H,21,24). The number of hydrogen-bond acceptors (Lipinski definition) is 4. The van der Waals surface area contributed by atoms with Crippen LogP contribution in [0.1, 0.15) is 25.7 Å². The van der Waals surface area contributed by atoms with Gasteiger partial charge >= 0.3 is 0 Å². The van der Waals surface area contributed by atoms with E-state index in [-0.39, 0.29) is 11.8 Å². The van der Waals surface area contributed by atoms with Crippen molar-refractivity contribution in [2.24, 2.45) is 7.05 Å². The summed E-state index contributed by atoms with van der Waals surface area (Å²) in [5, 5.41) is 7.54. The molecule has 128 valence electrons. The third-order valence-electron chi connectivity index (χ3n) is 3.73. The number of hydrogen-bond donors (Lipinski definition) is 2. The Balaban J connectivity index is 1.52. The van der Waals surface area contributed by atoms with Crippen molar-refractivity contribution in [3.05, 3.63) is 70.4 Å². The lowest BCUT2D eigenvalue weighted by Gasteiger charge is -2.07. The Morgan fingerprint density at radius 3 is 2.60 bits per heavy atom. The first kappa shape index (κ1) is 16.9. The van der Waals surface area contributed by atoms with Crippen LogP contribution in [-0.4, -0.2) is 27.9 Å². The van der Waals surface area contributed by atoms with Gasteiger partial charge in [0.25, 0.3) is 11.8 Å². The van der Waals surface area contributed by atoms with Gasteiger partial charge in [-0.2, -0.15) is 0 Å². The van der Waals surface area contributed by atoms with Gasteiger partial charge in [0.1, 0.15) is 0 Å². The largest absolute Gasteiger partial charge is 0.352 e. The first-order chi connectivity index (χ1) is 12.1. The van der Waals surface area contributed by atoms with Crippen molar-refractivity contribution in [1.82, 2.24) is 14.9 Å². The lowest BCUT2D eigenvalue weighted by atomic mass is 10.2. The predicted octanol–water partition coefficient (Wildman–Crippen LogP) is 2.71. The summed E-state index contributed by atoms with van der Waals surface area (Å²) in [4.78, 5) is 28.8. The lowest BCUT2D eigenvalue weighted by Crippen LogP contribution is -2.26. The van der Waals surface area contributed by atoms with E-state index in [1.807, 2.05) is 23.1 Å². The van der Waals surface area contributed by atoms with Gasteiger partial charge in [0.2, 0.25) is 0 Å². The van der Waals surface area contributed by atoms with E-state index in [0.717, 1.165) is 12.1 Å². The predicted molar refractivity (Wildman–Crippen MR) is 98.0 cm³/mol. The first-order valence-corrected chi connectivity index (χ1v) is 8.70. The van der Waals surface area contributed by atoms with Gasteiger partial charge in [0, 0.05) is 43.2 Å². The highest BCUT2D eigenvalue weighted by Gasteiger charge is 2.09. The van der Waals surface area contributed by atoms with E-state index in [9.17, 15) is 9.59 Å². The fourth-order valence-corrected chi connectivity index (χ4v) is 2.96. The minimum Gasteiger partial charge on any atom is -0.352 e. The van der Waals surface area contributed by atoms with Crippen molar-refractivity contribution in [3.8, 4) is 0 Å². The van der Waals surface area contributed by atoms with Crippen LogP contribution in [0.2, 0.25) is 0 Å². The molecule has 1 aromatic carbocycles. The number of aryl methyl sites for hydroxylation is 1. The zero-order valence-corrected chi connectivity index (χ0v) is 14.5. The molecule has 0 saturated heterocycles. The number of carbonyl (C=O) groups excluding carboxylic acids is 2. The number of amides is 2. The molecule has 0 bridgehead atoms. The minimum atomic E-state index is -0.150. The molecule has 25 heavy (non-hydrogen) atoms. The van der Waals surface area contributed by atoms with Crippen LogP contribution < -0.4 is 10.6 Å². The molecule has 0 saturated carbocycles. The Labute approximate surface area is 149 Å². The fourth-order valence-electron chi connectivity index (χ4n) is 2.34. The number of nitrogens with one attached hydrogen (secondary N) is 2. The Morgan fingerprint density at radius 2 is 1.96 bits per heavy atom. The lowest BCUT2D eigenvalue weighted by molar-refractivity contribution is 0.0953. The van der Waals surface area contributed by atoms with Gasteiger partial charge in [0.15, 0.2) is 0 Å². The molecule has 3 rings (SSSR count). The van der Waals surface area contributed by atoms with Gasteiger partial charge in [-0.25, -0.2) is 4.98 Å². The third kappa shape index (κ3) is 4.33. The van der Waals surface area contributed by atoms with Crippen molar-refractivity contribution in [1.29, 1.82) is 0 Å². The molecular formula is C18H18N4O2S. The van der Waals surface area contributed by atoms with Crippen molar-refractivity contribution in [2.75, 3.05) is 11.9 Å². The fraction of sp³-hybridized carbons (Fsp3) is 0.167. The molecule has 0 atom stereocenters. The topological polar surface area (TPSA) is 76.0 Å². The number of aromatic nitrogens is 2. The number of benzene rings is 1. The van der Waals surface area contributed by atoms with Crippen LogP contribution in [0, 0.1) is 0 Å². The molecule has 0 fully saturated rings. The van der Waals surface area contributed by atoms with E-state index >= 15 is 0 Å². The van der Waals surface area contributed by atoms with Gasteiger partial charge < -0.3 is 15.2 Å². The maximum atomic E-state index is 12.2. The van der Waals surface area contributed by atoms with Crippen LogP contribution in [0.3, 0.4) is 0 Å². The molecule has 0 aliphatic rings. The van der Waals surface area contributed by atoms with Crippen LogP contribution in [-0.2, 0) is 13.5 Å². The number of thiophene rings is 1. The summed E-state index contributed by atoms with van der Waals surface area (Å²) >= 11 is 1.38. The van der Waals surface area contributed by atoms with E-state index in [0.29, 0.717) is 22.7 Å². The molecule has 2 aromatic heterocycles. The zero-order valence-electron chi connectivity index (χ0n) is 13.7. The molecule has 3 aromatic rings. The molecule has 7 heteroatoms. The Morgan fingerprint density at radius 1 is 1.16 bits per heavy atom. The molecule has 0 aliphatic carbocycles. The second kappa shape index (κ2) is 7.76. The molecular weight excluding hydrogens is 336 g/mol. The highest BCUT2D eigenvalue weighted by Crippen LogP contribution is 2.14. The number of rotatable bonds is 6. The molecule has 0 unspecified atom stereocenters. The quantitative estimate of drug-likeness (QED) is 0.715. The highest BCUT2D eigenvalue weighted by molar-refractivity contribution is 7.12. The van der Waals surface area contributed by atoms with Crippen molar-refractivity contribution < 1.29 is 9.59 Å². The smallest absolute Gasteiger partial charge is 0.265 e. The van der Waals surface area contributed by atoms with E-state index in [1.165, 1.54) is 11.3 Å². The molecule has 0 spiro atoms. The molecule has 0 radical (unpaired) electrons. The Bertz CT molecular complexity index is 854. The van der Waals surface area contributed by atoms with Crippen molar-refractivity contribution in [2.45, 2.75) is 6.42 Å². The number of nitrogens with zero attached hydrogens (tertiary/aromatic N) is 2. The maximum Gasteiger partial charge on any atom is 0.265 e. The van der Waals surface area contributed by atoms with Crippen LogP contribution >= 0.6 is 11.3 Å². The normalized spacial score (nSPS) is 10.4. The van der Waals surface area contributed by atoms with Gasteiger partial charge in [-0.3, -0.25) is 9.59 Å².